The maximum absolute atomic E-state index is 15.9. The lowest BCUT2D eigenvalue weighted by molar-refractivity contribution is 0.0909. The van der Waals surface area contributed by atoms with Gasteiger partial charge in [0.2, 0.25) is 0 Å². The van der Waals surface area contributed by atoms with Crippen molar-refractivity contribution in [2.24, 2.45) is 0 Å². The van der Waals surface area contributed by atoms with Crippen LogP contribution in [0.15, 0.2) is 78.9 Å². The standard InChI is InChI=1S/C43H64NO2P/c1-7-10-13-16-25-34-43(6,33-24-15-12-9-3)36-30-31-39(41(45)44-42(4,5)32-23-14-11-8-2)40(35-36)47(46,37-26-19-17-20-27-37)38-28-21-18-22-29-38/h17-22,26-31,35H,7-16,23-25,32-34H2,1-6H3,(H,44,45). The van der Waals surface area contributed by atoms with E-state index in [1.807, 2.05) is 66.7 Å². The number of benzene rings is 3. The Morgan fingerprint density at radius 3 is 1.53 bits per heavy atom. The van der Waals surface area contributed by atoms with Crippen LogP contribution in [0.25, 0.3) is 0 Å². The lowest BCUT2D eigenvalue weighted by atomic mass is 9.74. The summed E-state index contributed by atoms with van der Waals surface area (Å²) in [5, 5.41) is 5.56. The number of hydrogen-bond donors (Lipinski definition) is 1. The van der Waals surface area contributed by atoms with Gasteiger partial charge >= 0.3 is 0 Å². The van der Waals surface area contributed by atoms with Crippen LogP contribution in [0.2, 0.25) is 0 Å². The third kappa shape index (κ3) is 11.2. The number of amides is 1. The summed E-state index contributed by atoms with van der Waals surface area (Å²) in [6.45, 7) is 13.4. The van der Waals surface area contributed by atoms with Crippen LogP contribution < -0.4 is 21.2 Å². The topological polar surface area (TPSA) is 46.2 Å². The van der Waals surface area contributed by atoms with Crippen molar-refractivity contribution in [1.29, 1.82) is 0 Å². The van der Waals surface area contributed by atoms with Gasteiger partial charge in [-0.1, -0.05) is 178 Å². The number of hydrogen-bond acceptors (Lipinski definition) is 2. The highest BCUT2D eigenvalue weighted by Crippen LogP contribution is 2.45. The molecule has 3 aromatic rings. The van der Waals surface area contributed by atoms with Gasteiger partial charge in [0.15, 0.2) is 7.14 Å². The van der Waals surface area contributed by atoms with Crippen molar-refractivity contribution in [2.75, 3.05) is 0 Å². The smallest absolute Gasteiger partial charge is 0.252 e. The fourth-order valence-electron chi connectivity index (χ4n) is 6.97. The molecule has 0 aliphatic heterocycles. The molecule has 0 spiro atoms. The van der Waals surface area contributed by atoms with Gasteiger partial charge in [0.1, 0.15) is 0 Å². The molecule has 3 rings (SSSR count). The maximum atomic E-state index is 15.9. The van der Waals surface area contributed by atoms with Gasteiger partial charge < -0.3 is 9.88 Å². The molecule has 258 valence electrons. The van der Waals surface area contributed by atoms with Gasteiger partial charge in [-0.3, -0.25) is 4.79 Å². The quantitative estimate of drug-likeness (QED) is 0.0863. The molecule has 1 atom stereocenters. The second kappa shape index (κ2) is 19.4. The first-order valence-corrected chi connectivity index (χ1v) is 20.5. The highest BCUT2D eigenvalue weighted by Gasteiger charge is 2.37. The summed E-state index contributed by atoms with van der Waals surface area (Å²) in [4.78, 5) is 14.3. The Balaban J connectivity index is 2.17. The number of unbranched alkanes of at least 4 members (excludes halogenated alkanes) is 10. The van der Waals surface area contributed by atoms with Crippen molar-refractivity contribution in [3.8, 4) is 0 Å². The molecule has 3 aromatic carbocycles. The van der Waals surface area contributed by atoms with Crippen LogP contribution in [-0.2, 0) is 9.98 Å². The lowest BCUT2D eigenvalue weighted by Gasteiger charge is -2.33. The Bertz CT molecular complexity index is 1340. The molecule has 0 saturated heterocycles. The van der Waals surface area contributed by atoms with Crippen molar-refractivity contribution in [1.82, 2.24) is 5.32 Å². The van der Waals surface area contributed by atoms with E-state index in [-0.39, 0.29) is 16.9 Å². The van der Waals surface area contributed by atoms with E-state index in [2.05, 4.69) is 59.0 Å². The first kappa shape index (κ1) is 38.8. The zero-order valence-electron chi connectivity index (χ0n) is 30.6. The molecule has 1 amide bonds. The summed E-state index contributed by atoms with van der Waals surface area (Å²) in [5.74, 6) is -0.136. The summed E-state index contributed by atoms with van der Waals surface area (Å²) in [7, 11) is -3.40. The predicted molar refractivity (Wildman–Crippen MR) is 206 cm³/mol. The number of carbonyl (C=O) groups excluding carboxylic acids is 1. The van der Waals surface area contributed by atoms with Gasteiger partial charge in [-0.15, -0.1) is 0 Å². The SMILES string of the molecule is CCCCCCCC(C)(CCCCCC)c1ccc(C(=O)NC(C)(C)CCCCCC)c(P(=O)(c2ccccc2)c2ccccc2)c1. The normalized spacial score (nSPS) is 13.3. The van der Waals surface area contributed by atoms with Crippen LogP contribution >= 0.6 is 7.14 Å². The van der Waals surface area contributed by atoms with Crippen molar-refractivity contribution in [3.05, 3.63) is 90.0 Å². The Morgan fingerprint density at radius 1 is 0.596 bits per heavy atom. The maximum Gasteiger partial charge on any atom is 0.252 e. The molecular weight excluding hydrogens is 593 g/mol. The van der Waals surface area contributed by atoms with E-state index in [1.165, 1.54) is 82.6 Å². The summed E-state index contributed by atoms with van der Waals surface area (Å²) < 4.78 is 15.9. The van der Waals surface area contributed by atoms with Crippen molar-refractivity contribution in [2.45, 2.75) is 155 Å². The molecule has 0 bridgehead atoms. The van der Waals surface area contributed by atoms with Gasteiger partial charge in [0, 0.05) is 21.5 Å². The molecular formula is C43H64NO2P. The van der Waals surface area contributed by atoms with E-state index < -0.39 is 7.14 Å². The minimum absolute atomic E-state index is 0.0551. The number of rotatable bonds is 22. The molecule has 1 unspecified atom stereocenters. The van der Waals surface area contributed by atoms with Gasteiger partial charge in [0.05, 0.1) is 5.56 Å². The first-order chi connectivity index (χ1) is 22.6. The second-order valence-corrected chi connectivity index (χ2v) is 17.4. The van der Waals surface area contributed by atoms with Gasteiger partial charge in [-0.2, -0.15) is 0 Å². The van der Waals surface area contributed by atoms with Gasteiger partial charge in [0.25, 0.3) is 5.91 Å². The minimum Gasteiger partial charge on any atom is -0.347 e. The van der Waals surface area contributed by atoms with Crippen molar-refractivity contribution < 1.29 is 9.36 Å². The van der Waals surface area contributed by atoms with Crippen molar-refractivity contribution in [3.63, 3.8) is 0 Å². The van der Waals surface area contributed by atoms with Crippen LogP contribution in [0.4, 0.5) is 0 Å². The molecule has 0 aromatic heterocycles. The van der Waals surface area contributed by atoms with Crippen LogP contribution in [0.5, 0.6) is 0 Å². The third-order valence-corrected chi connectivity index (χ3v) is 13.1. The van der Waals surface area contributed by atoms with E-state index in [1.54, 1.807) is 0 Å². The van der Waals surface area contributed by atoms with E-state index in [0.29, 0.717) is 10.9 Å². The van der Waals surface area contributed by atoms with Crippen LogP contribution in [0, 0.1) is 0 Å². The van der Waals surface area contributed by atoms with Crippen LogP contribution in [-0.4, -0.2) is 11.4 Å². The fourth-order valence-corrected chi connectivity index (χ4v) is 9.84. The summed E-state index contributed by atoms with van der Waals surface area (Å²) in [6, 6.07) is 26.0. The van der Waals surface area contributed by atoms with E-state index in [0.717, 1.165) is 36.3 Å². The molecule has 0 radical (unpaired) electrons. The predicted octanol–water partition coefficient (Wildman–Crippen LogP) is 11.4. The molecule has 0 heterocycles. The van der Waals surface area contributed by atoms with Crippen LogP contribution in [0.1, 0.15) is 160 Å². The average Bonchev–Trinajstić information content (AvgIpc) is 3.08. The Hall–Kier alpha value is -2.64. The summed E-state index contributed by atoms with van der Waals surface area (Å²) in [5.41, 5.74) is 1.32. The van der Waals surface area contributed by atoms with Gasteiger partial charge in [-0.25, -0.2) is 0 Å². The average molecular weight is 658 g/mol. The number of nitrogens with one attached hydrogen (secondary N) is 1. The number of carbonyl (C=O) groups is 1. The Labute approximate surface area is 288 Å². The van der Waals surface area contributed by atoms with E-state index in [9.17, 15) is 4.79 Å². The lowest BCUT2D eigenvalue weighted by Crippen LogP contribution is -2.45. The zero-order chi connectivity index (χ0) is 34.2. The molecule has 47 heavy (non-hydrogen) atoms. The van der Waals surface area contributed by atoms with Crippen LogP contribution in [0.3, 0.4) is 0 Å². The Kier molecular flexibility index (Phi) is 16.0. The van der Waals surface area contributed by atoms with Gasteiger partial charge in [-0.05, 0) is 56.2 Å². The molecule has 0 fully saturated rings. The largest absolute Gasteiger partial charge is 0.347 e. The second-order valence-electron chi connectivity index (χ2n) is 14.7. The molecule has 0 saturated carbocycles. The Morgan fingerprint density at radius 2 is 1.04 bits per heavy atom. The highest BCUT2D eigenvalue weighted by molar-refractivity contribution is 7.85. The first-order valence-electron chi connectivity index (χ1n) is 18.8. The third-order valence-electron chi connectivity index (χ3n) is 10.0. The van der Waals surface area contributed by atoms with E-state index >= 15 is 4.57 Å². The van der Waals surface area contributed by atoms with Crippen molar-refractivity contribution >= 4 is 29.0 Å². The monoisotopic (exact) mass is 657 g/mol. The molecule has 4 heteroatoms. The summed E-state index contributed by atoms with van der Waals surface area (Å²) >= 11 is 0. The highest BCUT2D eigenvalue weighted by atomic mass is 31.2. The minimum atomic E-state index is -3.40. The molecule has 0 aliphatic carbocycles. The van der Waals surface area contributed by atoms with E-state index in [4.69, 9.17) is 0 Å². The fraction of sp³-hybridized carbons (Fsp3) is 0.558. The molecule has 0 aliphatic rings. The molecule has 3 nitrogen and oxygen atoms in total. The molecule has 1 N–H and O–H groups in total. The summed E-state index contributed by atoms with van der Waals surface area (Å²) in [6.07, 6.45) is 18.9. The zero-order valence-corrected chi connectivity index (χ0v) is 31.5.